The lowest BCUT2D eigenvalue weighted by molar-refractivity contribution is 0.0371. The molecule has 3 nitrogen and oxygen atoms in total. The van der Waals surface area contributed by atoms with Crippen molar-refractivity contribution in [3.05, 3.63) is 0 Å². The van der Waals surface area contributed by atoms with E-state index >= 15 is 0 Å². The molecule has 1 heterocycles. The Bertz CT molecular complexity index is 144. The fraction of sp³-hybridized carbons (Fsp3) is 1.00. The number of hydrogen-bond acceptors (Lipinski definition) is 3. The fourth-order valence-electron chi connectivity index (χ4n) is 1.96. The summed E-state index contributed by atoms with van der Waals surface area (Å²) in [6.07, 6.45) is 3.09. The predicted molar refractivity (Wildman–Crippen MR) is 59.6 cm³/mol. The first-order valence-corrected chi connectivity index (χ1v) is 5.67. The van der Waals surface area contributed by atoms with Gasteiger partial charge in [-0.3, -0.25) is 0 Å². The number of likely N-dealkylation sites (N-methyl/N-ethyl adjacent to an activating group) is 1. The molecule has 1 fully saturated rings. The Balaban J connectivity index is 1.96. The van der Waals surface area contributed by atoms with Crippen molar-refractivity contribution in [1.29, 1.82) is 0 Å². The molecule has 0 aromatic carbocycles. The van der Waals surface area contributed by atoms with Gasteiger partial charge in [0.05, 0.1) is 12.7 Å². The van der Waals surface area contributed by atoms with E-state index in [0.29, 0.717) is 6.10 Å². The lowest BCUT2D eigenvalue weighted by Gasteiger charge is -2.20. The summed E-state index contributed by atoms with van der Waals surface area (Å²) in [4.78, 5) is 4.66. The number of likely N-dealkylation sites (tertiary alicyclic amines) is 1. The molecular formula is C11H24N2O. The van der Waals surface area contributed by atoms with Gasteiger partial charge in [-0.25, -0.2) is 0 Å². The molecule has 0 aromatic heterocycles. The maximum atomic E-state index is 5.73. The van der Waals surface area contributed by atoms with E-state index in [9.17, 15) is 0 Å². The van der Waals surface area contributed by atoms with Crippen LogP contribution >= 0.6 is 0 Å². The summed E-state index contributed by atoms with van der Waals surface area (Å²) in [6, 6.07) is 0. The van der Waals surface area contributed by atoms with Crippen LogP contribution in [-0.4, -0.2) is 62.8 Å². The predicted octanol–water partition coefficient (Wildman–Crippen LogP) is 1.05. The third-order valence-corrected chi connectivity index (χ3v) is 2.63. The number of nitrogens with zero attached hydrogens (tertiary/aromatic N) is 2. The molecule has 84 valence electrons. The van der Waals surface area contributed by atoms with E-state index in [0.717, 1.165) is 19.7 Å². The second-order valence-electron chi connectivity index (χ2n) is 4.49. The lowest BCUT2D eigenvalue weighted by Crippen LogP contribution is -2.30. The maximum Gasteiger partial charge on any atom is 0.0674 e. The van der Waals surface area contributed by atoms with Crippen molar-refractivity contribution in [2.75, 3.05) is 46.9 Å². The van der Waals surface area contributed by atoms with E-state index in [-0.39, 0.29) is 0 Å². The molecule has 0 spiro atoms. The van der Waals surface area contributed by atoms with E-state index in [4.69, 9.17) is 4.74 Å². The summed E-state index contributed by atoms with van der Waals surface area (Å²) in [5, 5.41) is 0. The Labute approximate surface area is 88.0 Å². The molecule has 1 atom stereocenters. The number of ether oxygens (including phenoxy) is 1. The average Bonchev–Trinajstić information content (AvgIpc) is 2.55. The van der Waals surface area contributed by atoms with Gasteiger partial charge in [0, 0.05) is 13.1 Å². The van der Waals surface area contributed by atoms with E-state index in [1.165, 1.54) is 25.9 Å². The van der Waals surface area contributed by atoms with E-state index in [1.807, 2.05) is 0 Å². The van der Waals surface area contributed by atoms with Gasteiger partial charge in [-0.05, 0) is 47.0 Å². The van der Waals surface area contributed by atoms with E-state index < -0.39 is 0 Å². The third-order valence-electron chi connectivity index (χ3n) is 2.63. The first kappa shape index (κ1) is 12.0. The Hall–Kier alpha value is -0.120. The van der Waals surface area contributed by atoms with Crippen LogP contribution in [0.25, 0.3) is 0 Å². The zero-order valence-corrected chi connectivity index (χ0v) is 9.83. The summed E-state index contributed by atoms with van der Waals surface area (Å²) in [7, 11) is 4.17. The highest BCUT2D eigenvalue weighted by molar-refractivity contribution is 4.65. The van der Waals surface area contributed by atoms with Crippen molar-refractivity contribution in [2.24, 2.45) is 0 Å². The Morgan fingerprint density at radius 2 is 1.93 bits per heavy atom. The zero-order valence-electron chi connectivity index (χ0n) is 9.83. The normalized spacial score (nSPS) is 20.6. The summed E-state index contributed by atoms with van der Waals surface area (Å²) >= 11 is 0. The van der Waals surface area contributed by atoms with Crippen molar-refractivity contribution in [3.63, 3.8) is 0 Å². The van der Waals surface area contributed by atoms with Crippen molar-refractivity contribution < 1.29 is 4.74 Å². The van der Waals surface area contributed by atoms with Gasteiger partial charge in [-0.15, -0.1) is 0 Å². The molecule has 1 unspecified atom stereocenters. The molecule has 3 heteroatoms. The van der Waals surface area contributed by atoms with Crippen molar-refractivity contribution in [2.45, 2.75) is 25.9 Å². The van der Waals surface area contributed by atoms with Gasteiger partial charge >= 0.3 is 0 Å². The monoisotopic (exact) mass is 200 g/mol. The minimum atomic E-state index is 0.354. The highest BCUT2D eigenvalue weighted by Crippen LogP contribution is 2.06. The minimum absolute atomic E-state index is 0.354. The smallest absolute Gasteiger partial charge is 0.0674 e. The Morgan fingerprint density at radius 1 is 1.29 bits per heavy atom. The van der Waals surface area contributed by atoms with Gasteiger partial charge in [0.1, 0.15) is 0 Å². The summed E-state index contributed by atoms with van der Waals surface area (Å²) in [6.45, 7) is 7.69. The topological polar surface area (TPSA) is 15.7 Å². The van der Waals surface area contributed by atoms with Gasteiger partial charge < -0.3 is 14.5 Å². The van der Waals surface area contributed by atoms with Gasteiger partial charge in [-0.2, -0.15) is 0 Å². The van der Waals surface area contributed by atoms with Crippen LogP contribution in [0.5, 0.6) is 0 Å². The maximum absolute atomic E-state index is 5.73. The Kier molecular flexibility index (Phi) is 5.45. The van der Waals surface area contributed by atoms with Crippen molar-refractivity contribution >= 4 is 0 Å². The highest BCUT2D eigenvalue weighted by Gasteiger charge is 2.11. The van der Waals surface area contributed by atoms with Crippen LogP contribution in [0, 0.1) is 0 Å². The van der Waals surface area contributed by atoms with Gasteiger partial charge in [0.15, 0.2) is 0 Å². The van der Waals surface area contributed by atoms with E-state index in [1.54, 1.807) is 0 Å². The minimum Gasteiger partial charge on any atom is -0.376 e. The second-order valence-corrected chi connectivity index (χ2v) is 4.49. The zero-order chi connectivity index (χ0) is 10.4. The molecule has 0 aromatic rings. The van der Waals surface area contributed by atoms with Crippen LogP contribution in [0.15, 0.2) is 0 Å². The first-order valence-electron chi connectivity index (χ1n) is 5.67. The van der Waals surface area contributed by atoms with Crippen molar-refractivity contribution in [1.82, 2.24) is 9.80 Å². The third kappa shape index (κ3) is 4.94. The molecule has 0 radical (unpaired) electrons. The molecule has 1 aliphatic heterocycles. The molecule has 1 rings (SSSR count). The number of rotatable bonds is 6. The molecule has 0 bridgehead atoms. The van der Waals surface area contributed by atoms with Gasteiger partial charge in [0.2, 0.25) is 0 Å². The largest absolute Gasteiger partial charge is 0.376 e. The van der Waals surface area contributed by atoms with Crippen LogP contribution in [0.2, 0.25) is 0 Å². The van der Waals surface area contributed by atoms with Crippen molar-refractivity contribution in [3.8, 4) is 0 Å². The van der Waals surface area contributed by atoms with Gasteiger partial charge in [0.25, 0.3) is 0 Å². The van der Waals surface area contributed by atoms with Crippen LogP contribution in [0.4, 0.5) is 0 Å². The first-order chi connectivity index (χ1) is 6.68. The quantitative estimate of drug-likeness (QED) is 0.637. The second kappa shape index (κ2) is 6.38. The molecule has 0 amide bonds. The number of hydrogen-bond donors (Lipinski definition) is 0. The van der Waals surface area contributed by atoms with Crippen LogP contribution in [-0.2, 0) is 4.74 Å². The lowest BCUT2D eigenvalue weighted by atomic mass is 10.4. The van der Waals surface area contributed by atoms with Crippen LogP contribution in [0.1, 0.15) is 19.8 Å². The van der Waals surface area contributed by atoms with E-state index in [2.05, 4.69) is 30.8 Å². The highest BCUT2D eigenvalue weighted by atomic mass is 16.5. The molecule has 1 saturated heterocycles. The summed E-state index contributed by atoms with van der Waals surface area (Å²) < 4.78 is 5.73. The Morgan fingerprint density at radius 3 is 2.50 bits per heavy atom. The molecule has 0 aliphatic carbocycles. The average molecular weight is 200 g/mol. The molecular weight excluding hydrogens is 176 g/mol. The molecule has 14 heavy (non-hydrogen) atoms. The van der Waals surface area contributed by atoms with Crippen LogP contribution in [0.3, 0.4) is 0 Å². The molecule has 1 aliphatic rings. The molecule has 0 N–H and O–H groups in total. The summed E-state index contributed by atoms with van der Waals surface area (Å²) in [5.74, 6) is 0. The van der Waals surface area contributed by atoms with Gasteiger partial charge in [-0.1, -0.05) is 0 Å². The SMILES string of the molecule is CC(CN(C)C)OCCN1CCCC1. The molecule has 0 saturated carbocycles. The summed E-state index contributed by atoms with van der Waals surface area (Å²) in [5.41, 5.74) is 0. The standard InChI is InChI=1S/C11H24N2O/c1-11(10-12(2)3)14-9-8-13-6-4-5-7-13/h11H,4-10H2,1-3H3. The fourth-order valence-corrected chi connectivity index (χ4v) is 1.96. The van der Waals surface area contributed by atoms with Crippen LogP contribution < -0.4 is 0 Å².